The van der Waals surface area contributed by atoms with E-state index in [1.165, 1.54) is 0 Å². The van der Waals surface area contributed by atoms with Crippen LogP contribution in [0.4, 0.5) is 4.79 Å². The molecule has 2 atom stereocenters. The van der Waals surface area contributed by atoms with E-state index in [-0.39, 0.29) is 6.61 Å². The summed E-state index contributed by atoms with van der Waals surface area (Å²) in [5, 5.41) is 11.5. The van der Waals surface area contributed by atoms with Crippen molar-refractivity contribution in [3.63, 3.8) is 0 Å². The molecule has 0 radical (unpaired) electrons. The fraction of sp³-hybridized carbons (Fsp3) is 0.500. The van der Waals surface area contributed by atoms with E-state index < -0.39 is 29.8 Å². The van der Waals surface area contributed by atoms with Crippen LogP contribution in [0.2, 0.25) is 0 Å². The van der Waals surface area contributed by atoms with Crippen molar-refractivity contribution in [2.24, 2.45) is 0 Å². The lowest BCUT2D eigenvalue weighted by atomic mass is 10.1. The number of alkyl carbamates (subject to hydrolysis) is 1. The van der Waals surface area contributed by atoms with E-state index in [2.05, 4.69) is 5.32 Å². The summed E-state index contributed by atoms with van der Waals surface area (Å²) >= 11 is 0. The molecule has 1 rings (SSSR count). The zero-order valence-electron chi connectivity index (χ0n) is 13.3. The van der Waals surface area contributed by atoms with Gasteiger partial charge in [-0.05, 0) is 33.3 Å². The van der Waals surface area contributed by atoms with Crippen molar-refractivity contribution in [2.75, 3.05) is 0 Å². The second-order valence-electron chi connectivity index (χ2n) is 5.96. The van der Waals surface area contributed by atoms with Crippen LogP contribution < -0.4 is 5.32 Å². The van der Waals surface area contributed by atoms with Crippen LogP contribution in [0.5, 0.6) is 0 Å². The molecule has 22 heavy (non-hydrogen) atoms. The van der Waals surface area contributed by atoms with E-state index in [0.29, 0.717) is 0 Å². The number of carbonyl (C=O) groups is 2. The van der Waals surface area contributed by atoms with Crippen LogP contribution in [-0.4, -0.2) is 34.9 Å². The van der Waals surface area contributed by atoms with Crippen LogP contribution in [-0.2, 0) is 20.9 Å². The summed E-state index contributed by atoms with van der Waals surface area (Å²) in [4.78, 5) is 23.0. The van der Waals surface area contributed by atoms with E-state index in [4.69, 9.17) is 9.47 Å². The lowest BCUT2D eigenvalue weighted by Gasteiger charge is -2.29. The average molecular weight is 309 g/mol. The molecule has 0 saturated heterocycles. The Kier molecular flexibility index (Phi) is 6.37. The van der Waals surface area contributed by atoms with Gasteiger partial charge in [-0.15, -0.1) is 0 Å². The lowest BCUT2D eigenvalue weighted by Crippen LogP contribution is -2.50. The first-order valence-corrected chi connectivity index (χ1v) is 7.07. The third-order valence-corrected chi connectivity index (χ3v) is 2.76. The Morgan fingerprint density at radius 3 is 2.32 bits per heavy atom. The molecule has 0 heterocycles. The van der Waals surface area contributed by atoms with Gasteiger partial charge in [-0.25, -0.2) is 9.59 Å². The topological polar surface area (TPSA) is 84.9 Å². The van der Waals surface area contributed by atoms with E-state index in [1.54, 1.807) is 6.92 Å². The number of rotatable bonds is 6. The highest BCUT2D eigenvalue weighted by atomic mass is 16.6. The van der Waals surface area contributed by atoms with Crippen molar-refractivity contribution < 1.29 is 24.2 Å². The normalized spacial score (nSPS) is 14.0. The minimum absolute atomic E-state index is 0.0769. The summed E-state index contributed by atoms with van der Waals surface area (Å²) in [7, 11) is 0. The Hall–Kier alpha value is -2.08. The Morgan fingerprint density at radius 1 is 1.23 bits per heavy atom. The lowest BCUT2D eigenvalue weighted by molar-refractivity contribution is -0.147. The molecule has 0 aliphatic heterocycles. The molecule has 1 aromatic carbocycles. The predicted molar refractivity (Wildman–Crippen MR) is 81.5 cm³/mol. The molecule has 0 aliphatic rings. The van der Waals surface area contributed by atoms with Crippen LogP contribution in [0.25, 0.3) is 0 Å². The second-order valence-corrected chi connectivity index (χ2v) is 5.96. The quantitative estimate of drug-likeness (QED) is 0.843. The van der Waals surface area contributed by atoms with Gasteiger partial charge >= 0.3 is 12.1 Å². The molecule has 0 unspecified atom stereocenters. The average Bonchev–Trinajstić information content (AvgIpc) is 2.41. The first kappa shape index (κ1) is 18.0. The molecule has 1 aromatic rings. The number of amides is 1. The zero-order chi connectivity index (χ0) is 16.8. The van der Waals surface area contributed by atoms with Gasteiger partial charge in [0.2, 0.25) is 0 Å². The smallest absolute Gasteiger partial charge is 0.408 e. The van der Waals surface area contributed by atoms with Crippen LogP contribution in [0, 0.1) is 0 Å². The van der Waals surface area contributed by atoms with Crippen molar-refractivity contribution in [3.8, 4) is 0 Å². The molecule has 0 bridgehead atoms. The van der Waals surface area contributed by atoms with Gasteiger partial charge in [-0.1, -0.05) is 30.3 Å². The maximum absolute atomic E-state index is 11.7. The molecule has 6 heteroatoms. The largest absolute Gasteiger partial charge is 0.480 e. The molecule has 0 aliphatic carbocycles. The van der Waals surface area contributed by atoms with E-state index in [0.717, 1.165) is 5.56 Å². The summed E-state index contributed by atoms with van der Waals surface area (Å²) < 4.78 is 10.6. The number of carboxylic acid groups (broad SMARTS) is 1. The molecule has 2 N–H and O–H groups in total. The highest BCUT2D eigenvalue weighted by Crippen LogP contribution is 2.13. The molecule has 6 nitrogen and oxygen atoms in total. The standard InChI is InChI=1S/C16H23NO5/c1-11(22-16(2,3)4)13(14(18)19)17-15(20)21-10-12-8-6-5-7-9-12/h5-9,11,13H,10H2,1-4H3,(H,17,20)(H,18,19)/t11-,13+/m0/s1. The molecule has 0 spiro atoms. The van der Waals surface area contributed by atoms with Gasteiger partial charge in [-0.3, -0.25) is 0 Å². The molecule has 1 amide bonds. The predicted octanol–water partition coefficient (Wildman–Crippen LogP) is 2.57. The van der Waals surface area contributed by atoms with Crippen LogP contribution >= 0.6 is 0 Å². The van der Waals surface area contributed by atoms with Crippen LogP contribution in [0.15, 0.2) is 30.3 Å². The summed E-state index contributed by atoms with van der Waals surface area (Å²) in [6.45, 7) is 7.12. The second kappa shape index (κ2) is 7.79. The minimum atomic E-state index is -1.18. The van der Waals surface area contributed by atoms with Gasteiger partial charge in [0.05, 0.1) is 11.7 Å². The van der Waals surface area contributed by atoms with E-state index >= 15 is 0 Å². The Balaban J connectivity index is 2.55. The molecule has 0 aromatic heterocycles. The highest BCUT2D eigenvalue weighted by molar-refractivity contribution is 5.80. The number of carbonyl (C=O) groups excluding carboxylic acids is 1. The van der Waals surface area contributed by atoms with E-state index in [1.807, 2.05) is 51.1 Å². The SMILES string of the molecule is C[C@H](OC(C)(C)C)[C@@H](NC(=O)OCc1ccccc1)C(=O)O. The van der Waals surface area contributed by atoms with Gasteiger partial charge in [0.15, 0.2) is 6.04 Å². The number of ether oxygens (including phenoxy) is 2. The fourth-order valence-electron chi connectivity index (χ4n) is 1.90. The Bertz CT molecular complexity index is 495. The van der Waals surface area contributed by atoms with Crippen molar-refractivity contribution in [3.05, 3.63) is 35.9 Å². The van der Waals surface area contributed by atoms with Crippen molar-refractivity contribution in [2.45, 2.75) is 52.0 Å². The van der Waals surface area contributed by atoms with Crippen LogP contribution in [0.3, 0.4) is 0 Å². The maximum atomic E-state index is 11.7. The van der Waals surface area contributed by atoms with Crippen molar-refractivity contribution in [1.82, 2.24) is 5.32 Å². The highest BCUT2D eigenvalue weighted by Gasteiger charge is 2.30. The Labute approximate surface area is 130 Å². The fourth-order valence-corrected chi connectivity index (χ4v) is 1.90. The molecular formula is C16H23NO5. The minimum Gasteiger partial charge on any atom is -0.480 e. The Morgan fingerprint density at radius 2 is 1.82 bits per heavy atom. The summed E-state index contributed by atoms with van der Waals surface area (Å²) in [5.41, 5.74) is 0.312. The summed E-state index contributed by atoms with van der Waals surface area (Å²) in [5.74, 6) is -1.17. The number of benzene rings is 1. The number of carboxylic acids is 1. The van der Waals surface area contributed by atoms with Crippen LogP contribution in [0.1, 0.15) is 33.3 Å². The molecule has 122 valence electrons. The molecule has 0 saturated carbocycles. The van der Waals surface area contributed by atoms with Crippen molar-refractivity contribution in [1.29, 1.82) is 0 Å². The number of hydrogen-bond acceptors (Lipinski definition) is 4. The van der Waals surface area contributed by atoms with E-state index in [9.17, 15) is 14.7 Å². The van der Waals surface area contributed by atoms with Gasteiger partial charge in [0, 0.05) is 0 Å². The van der Waals surface area contributed by atoms with Crippen molar-refractivity contribution >= 4 is 12.1 Å². The third kappa shape index (κ3) is 6.58. The van der Waals surface area contributed by atoms with Gasteiger partial charge in [0.1, 0.15) is 6.61 Å². The monoisotopic (exact) mass is 309 g/mol. The number of nitrogens with one attached hydrogen (secondary N) is 1. The number of aliphatic carboxylic acids is 1. The number of hydrogen-bond donors (Lipinski definition) is 2. The van der Waals surface area contributed by atoms with Gasteiger partial charge < -0.3 is 19.9 Å². The summed E-state index contributed by atoms with van der Waals surface area (Å²) in [6.07, 6.45) is -1.48. The maximum Gasteiger partial charge on any atom is 0.408 e. The van der Waals surface area contributed by atoms with Gasteiger partial charge in [-0.2, -0.15) is 0 Å². The first-order valence-electron chi connectivity index (χ1n) is 7.07. The van der Waals surface area contributed by atoms with Gasteiger partial charge in [0.25, 0.3) is 0 Å². The first-order chi connectivity index (χ1) is 10.2. The molecule has 0 fully saturated rings. The summed E-state index contributed by atoms with van der Waals surface area (Å²) in [6, 6.07) is 7.96. The zero-order valence-corrected chi connectivity index (χ0v) is 13.3. The molecular weight excluding hydrogens is 286 g/mol. The third-order valence-electron chi connectivity index (χ3n) is 2.76.